The van der Waals surface area contributed by atoms with Crippen LogP contribution in [0.2, 0.25) is 0 Å². The topological polar surface area (TPSA) is 37.8 Å². The maximum Gasteiger partial charge on any atom is 0.143 e. The van der Waals surface area contributed by atoms with Gasteiger partial charge in [-0.1, -0.05) is 0 Å². The second kappa shape index (κ2) is 5.44. The minimum absolute atomic E-state index is 0.418. The molecule has 0 bridgehead atoms. The number of nitrogens with one attached hydrogen (secondary N) is 1. The fourth-order valence-corrected chi connectivity index (χ4v) is 1.86. The number of nitrogens with zero attached hydrogens (tertiary/aromatic N) is 2. The fourth-order valence-electron chi connectivity index (χ4n) is 0.944. The van der Waals surface area contributed by atoms with Crippen LogP contribution < -0.4 is 5.32 Å². The molecule has 72 valence electrons. The molecule has 13 heavy (non-hydrogen) atoms. The largest absolute Gasteiger partial charge is 0.366 e. The Morgan fingerprint density at radius 1 is 1.69 bits per heavy atom. The molecule has 5 heteroatoms. The molecule has 0 aliphatic heterocycles. The van der Waals surface area contributed by atoms with Crippen LogP contribution in [-0.2, 0) is 0 Å². The molecule has 0 spiro atoms. The molecule has 1 atom stereocenters. The molecule has 0 aliphatic carbocycles. The normalized spacial score (nSPS) is 12.5. The van der Waals surface area contributed by atoms with E-state index >= 15 is 0 Å². The van der Waals surface area contributed by atoms with E-state index in [0.717, 1.165) is 16.0 Å². The quantitative estimate of drug-likeness (QED) is 0.904. The number of halogens is 1. The predicted octanol–water partition coefficient (Wildman–Crippen LogP) is 2.40. The van der Waals surface area contributed by atoms with Gasteiger partial charge in [0.05, 0.1) is 4.47 Å². The summed E-state index contributed by atoms with van der Waals surface area (Å²) < 4.78 is 0.906. The molecule has 0 fully saturated rings. The lowest BCUT2D eigenvalue weighted by Gasteiger charge is -2.13. The lowest BCUT2D eigenvalue weighted by Crippen LogP contribution is -2.18. The van der Waals surface area contributed by atoms with Crippen molar-refractivity contribution in [3.8, 4) is 0 Å². The third kappa shape index (κ3) is 3.52. The van der Waals surface area contributed by atoms with E-state index in [9.17, 15) is 0 Å². The van der Waals surface area contributed by atoms with Crippen LogP contribution in [-0.4, -0.2) is 28.0 Å². The molecular weight excluding hydrogens is 250 g/mol. The summed E-state index contributed by atoms with van der Waals surface area (Å²) in [7, 11) is 0. The van der Waals surface area contributed by atoms with Crippen molar-refractivity contribution >= 4 is 33.5 Å². The van der Waals surface area contributed by atoms with Gasteiger partial charge in [-0.2, -0.15) is 11.8 Å². The van der Waals surface area contributed by atoms with Crippen molar-refractivity contribution in [2.75, 3.05) is 17.3 Å². The Hall–Kier alpha value is -0.290. The SMILES string of the molecule is CSCC(C)Nc1ncncc1Br. The molecule has 1 unspecified atom stereocenters. The smallest absolute Gasteiger partial charge is 0.143 e. The summed E-state index contributed by atoms with van der Waals surface area (Å²) in [6.07, 6.45) is 5.37. The molecule has 0 radical (unpaired) electrons. The highest BCUT2D eigenvalue weighted by atomic mass is 79.9. The highest BCUT2D eigenvalue weighted by Crippen LogP contribution is 2.18. The first-order chi connectivity index (χ1) is 6.24. The number of anilines is 1. The van der Waals surface area contributed by atoms with Crippen LogP contribution >= 0.6 is 27.7 Å². The Kier molecular flexibility index (Phi) is 4.52. The summed E-state index contributed by atoms with van der Waals surface area (Å²) >= 11 is 5.20. The Bertz CT molecular complexity index is 269. The van der Waals surface area contributed by atoms with Gasteiger partial charge in [0.15, 0.2) is 0 Å². The highest BCUT2D eigenvalue weighted by Gasteiger charge is 2.04. The molecule has 1 aromatic heterocycles. The molecule has 0 saturated heterocycles. The zero-order chi connectivity index (χ0) is 9.68. The summed E-state index contributed by atoms with van der Waals surface area (Å²) in [6.45, 7) is 2.13. The molecule has 1 aromatic rings. The van der Waals surface area contributed by atoms with E-state index in [0.29, 0.717) is 6.04 Å². The van der Waals surface area contributed by atoms with Crippen molar-refractivity contribution in [2.45, 2.75) is 13.0 Å². The Balaban J connectivity index is 2.58. The van der Waals surface area contributed by atoms with E-state index in [1.54, 1.807) is 12.5 Å². The Labute approximate surface area is 90.9 Å². The van der Waals surface area contributed by atoms with E-state index in [1.807, 2.05) is 11.8 Å². The molecule has 3 nitrogen and oxygen atoms in total. The first kappa shape index (κ1) is 10.8. The average molecular weight is 262 g/mol. The van der Waals surface area contributed by atoms with E-state index < -0.39 is 0 Å². The van der Waals surface area contributed by atoms with Gasteiger partial charge in [0.2, 0.25) is 0 Å². The van der Waals surface area contributed by atoms with Crippen LogP contribution in [0.15, 0.2) is 17.0 Å². The van der Waals surface area contributed by atoms with Crippen LogP contribution in [0.1, 0.15) is 6.92 Å². The van der Waals surface area contributed by atoms with Gasteiger partial charge in [-0.3, -0.25) is 0 Å². The standard InChI is InChI=1S/C8H12BrN3S/c1-6(4-13-2)12-8-7(9)3-10-5-11-8/h3,5-6H,4H2,1-2H3,(H,10,11,12). The molecular formula is C8H12BrN3S. The minimum Gasteiger partial charge on any atom is -0.366 e. The lowest BCUT2D eigenvalue weighted by atomic mass is 10.4. The average Bonchev–Trinajstić information content (AvgIpc) is 2.09. The van der Waals surface area contributed by atoms with Gasteiger partial charge < -0.3 is 5.32 Å². The van der Waals surface area contributed by atoms with Gasteiger partial charge in [-0.15, -0.1) is 0 Å². The molecule has 0 saturated carbocycles. The van der Waals surface area contributed by atoms with Gasteiger partial charge in [0.25, 0.3) is 0 Å². The summed E-state index contributed by atoms with van der Waals surface area (Å²) in [6, 6.07) is 0.418. The van der Waals surface area contributed by atoms with Crippen LogP contribution in [0.4, 0.5) is 5.82 Å². The van der Waals surface area contributed by atoms with Crippen LogP contribution in [0.25, 0.3) is 0 Å². The minimum atomic E-state index is 0.418. The number of aromatic nitrogens is 2. The van der Waals surface area contributed by atoms with E-state index in [-0.39, 0.29) is 0 Å². The second-order valence-corrected chi connectivity index (χ2v) is 4.49. The van der Waals surface area contributed by atoms with Crippen molar-refractivity contribution in [2.24, 2.45) is 0 Å². The number of hydrogen-bond donors (Lipinski definition) is 1. The van der Waals surface area contributed by atoms with Crippen molar-refractivity contribution in [1.29, 1.82) is 0 Å². The van der Waals surface area contributed by atoms with Crippen molar-refractivity contribution in [3.63, 3.8) is 0 Å². The Morgan fingerprint density at radius 2 is 2.46 bits per heavy atom. The summed E-state index contributed by atoms with van der Waals surface area (Å²) in [5.74, 6) is 1.92. The molecule has 1 rings (SSSR count). The van der Waals surface area contributed by atoms with Gasteiger partial charge in [0, 0.05) is 18.0 Å². The number of rotatable bonds is 4. The van der Waals surface area contributed by atoms with Gasteiger partial charge in [0.1, 0.15) is 12.1 Å². The number of hydrogen-bond acceptors (Lipinski definition) is 4. The highest BCUT2D eigenvalue weighted by molar-refractivity contribution is 9.10. The molecule has 0 aliphatic rings. The third-order valence-corrected chi connectivity index (χ3v) is 2.88. The first-order valence-corrected chi connectivity index (χ1v) is 6.13. The van der Waals surface area contributed by atoms with E-state index in [1.165, 1.54) is 0 Å². The third-order valence-electron chi connectivity index (χ3n) is 1.47. The maximum atomic E-state index is 4.12. The van der Waals surface area contributed by atoms with Gasteiger partial charge in [-0.05, 0) is 29.1 Å². The Morgan fingerprint density at radius 3 is 3.08 bits per heavy atom. The molecule has 1 N–H and O–H groups in total. The molecule has 0 aromatic carbocycles. The van der Waals surface area contributed by atoms with Crippen LogP contribution in [0.5, 0.6) is 0 Å². The van der Waals surface area contributed by atoms with Gasteiger partial charge in [-0.25, -0.2) is 9.97 Å². The number of thioether (sulfide) groups is 1. The second-order valence-electron chi connectivity index (χ2n) is 2.72. The van der Waals surface area contributed by atoms with Gasteiger partial charge >= 0.3 is 0 Å². The van der Waals surface area contributed by atoms with Crippen LogP contribution in [0.3, 0.4) is 0 Å². The predicted molar refractivity (Wildman–Crippen MR) is 61.2 cm³/mol. The first-order valence-electron chi connectivity index (χ1n) is 3.95. The zero-order valence-electron chi connectivity index (χ0n) is 7.62. The molecule has 1 heterocycles. The maximum absolute atomic E-state index is 4.12. The van der Waals surface area contributed by atoms with Crippen molar-refractivity contribution < 1.29 is 0 Å². The summed E-state index contributed by atoms with van der Waals surface area (Å²) in [4.78, 5) is 8.02. The van der Waals surface area contributed by atoms with E-state index in [2.05, 4.69) is 44.4 Å². The fraction of sp³-hybridized carbons (Fsp3) is 0.500. The zero-order valence-corrected chi connectivity index (χ0v) is 10.0. The lowest BCUT2D eigenvalue weighted by molar-refractivity contribution is 0.897. The summed E-state index contributed by atoms with van der Waals surface area (Å²) in [5.41, 5.74) is 0. The van der Waals surface area contributed by atoms with Crippen molar-refractivity contribution in [3.05, 3.63) is 17.0 Å². The monoisotopic (exact) mass is 261 g/mol. The van der Waals surface area contributed by atoms with E-state index in [4.69, 9.17) is 0 Å². The molecule has 0 amide bonds. The van der Waals surface area contributed by atoms with Crippen LogP contribution in [0, 0.1) is 0 Å². The van der Waals surface area contributed by atoms with Crippen molar-refractivity contribution in [1.82, 2.24) is 9.97 Å². The summed E-state index contributed by atoms with van der Waals surface area (Å²) in [5, 5.41) is 3.29.